The number of phenolic OH excluding ortho intramolecular Hbond substituents is 1. The minimum Gasteiger partial charge on any atom is -0.508 e. The van der Waals surface area contributed by atoms with Crippen molar-refractivity contribution in [2.45, 2.75) is 25.0 Å². The van der Waals surface area contributed by atoms with Crippen LogP contribution in [-0.4, -0.2) is 37.9 Å². The van der Waals surface area contributed by atoms with Gasteiger partial charge >= 0.3 is 6.03 Å². The highest BCUT2D eigenvalue weighted by Crippen LogP contribution is 2.44. The van der Waals surface area contributed by atoms with E-state index in [1.165, 1.54) is 4.90 Å². The molecule has 32 heavy (non-hydrogen) atoms. The van der Waals surface area contributed by atoms with Crippen LogP contribution in [0.2, 0.25) is 0 Å². The molecule has 0 aliphatic carbocycles. The summed E-state index contributed by atoms with van der Waals surface area (Å²) < 4.78 is 0. The number of benzene rings is 3. The Bertz CT molecular complexity index is 1360. The van der Waals surface area contributed by atoms with Crippen LogP contribution in [0.4, 0.5) is 4.79 Å². The van der Waals surface area contributed by atoms with Crippen molar-refractivity contribution in [2.75, 3.05) is 0 Å². The number of para-hydroxylation sites is 1. The Morgan fingerprint density at radius 3 is 2.53 bits per heavy atom. The van der Waals surface area contributed by atoms with E-state index in [1.807, 2.05) is 60.7 Å². The Morgan fingerprint density at radius 2 is 1.72 bits per heavy atom. The second kappa shape index (κ2) is 6.99. The number of nitrogens with zero attached hydrogens (tertiary/aromatic N) is 2. The Kier molecular flexibility index (Phi) is 4.08. The van der Waals surface area contributed by atoms with Crippen molar-refractivity contribution in [1.29, 1.82) is 0 Å². The molecule has 6 nitrogen and oxygen atoms in total. The van der Waals surface area contributed by atoms with Crippen LogP contribution in [0.15, 0.2) is 78.9 Å². The smallest absolute Gasteiger partial charge is 0.328 e. The molecule has 2 atom stereocenters. The van der Waals surface area contributed by atoms with E-state index < -0.39 is 12.1 Å². The van der Waals surface area contributed by atoms with Gasteiger partial charge in [-0.15, -0.1) is 0 Å². The third-order valence-corrected chi connectivity index (χ3v) is 6.50. The van der Waals surface area contributed by atoms with Crippen molar-refractivity contribution in [1.82, 2.24) is 14.8 Å². The van der Waals surface area contributed by atoms with Gasteiger partial charge in [-0.05, 0) is 34.9 Å². The highest BCUT2D eigenvalue weighted by atomic mass is 16.3. The van der Waals surface area contributed by atoms with E-state index in [0.717, 1.165) is 33.3 Å². The zero-order chi connectivity index (χ0) is 21.8. The van der Waals surface area contributed by atoms with Gasteiger partial charge < -0.3 is 10.1 Å². The van der Waals surface area contributed by atoms with Gasteiger partial charge in [0.15, 0.2) is 0 Å². The molecule has 2 aliphatic rings. The van der Waals surface area contributed by atoms with Gasteiger partial charge in [-0.3, -0.25) is 14.6 Å². The van der Waals surface area contributed by atoms with Gasteiger partial charge in [-0.2, -0.15) is 0 Å². The van der Waals surface area contributed by atoms with Gasteiger partial charge in [0.2, 0.25) is 0 Å². The molecule has 3 aromatic carbocycles. The Morgan fingerprint density at radius 1 is 0.938 bits per heavy atom. The molecule has 2 N–H and O–H groups in total. The lowest BCUT2D eigenvalue weighted by molar-refractivity contribution is -0.129. The number of hydrogen-bond donors (Lipinski definition) is 2. The SMILES string of the molecule is O=C1[C@@H]2Cc3c([nH]c4ccccc34)[C@@H](c3cccc(O)c3)N2C(=O)N1Cc1ccccc1. The number of aromatic hydroxyl groups is 1. The van der Waals surface area contributed by atoms with Gasteiger partial charge in [0.05, 0.1) is 6.54 Å². The van der Waals surface area contributed by atoms with Crippen LogP contribution in [0.5, 0.6) is 5.75 Å². The number of carbonyl (C=O) groups excluding carboxylic acids is 2. The summed E-state index contributed by atoms with van der Waals surface area (Å²) in [6, 6.07) is 23.1. The standard InChI is InChI=1S/C26H21N3O3/c30-18-10-6-9-17(13-18)24-23-20(19-11-4-5-12-21(19)27-23)14-22-25(31)28(26(32)29(22)24)15-16-7-2-1-3-8-16/h1-13,22,24,27,30H,14-15H2/t22-,24+/m0/s1. The maximum absolute atomic E-state index is 13.6. The monoisotopic (exact) mass is 423 g/mol. The second-order valence-corrected chi connectivity index (χ2v) is 8.38. The number of urea groups is 1. The van der Waals surface area contributed by atoms with Gasteiger partial charge in [-0.1, -0.05) is 60.7 Å². The summed E-state index contributed by atoms with van der Waals surface area (Å²) in [5, 5.41) is 11.2. The van der Waals surface area contributed by atoms with Crippen molar-refractivity contribution < 1.29 is 14.7 Å². The summed E-state index contributed by atoms with van der Waals surface area (Å²) in [6.45, 7) is 0.243. The summed E-state index contributed by atoms with van der Waals surface area (Å²) in [5.74, 6) is -0.0543. The van der Waals surface area contributed by atoms with E-state index in [-0.39, 0.29) is 24.2 Å². The minimum atomic E-state index is -0.578. The van der Waals surface area contributed by atoms with E-state index in [1.54, 1.807) is 23.1 Å². The first-order valence-corrected chi connectivity index (χ1v) is 10.7. The molecule has 0 unspecified atom stereocenters. The number of carbonyl (C=O) groups is 2. The van der Waals surface area contributed by atoms with Crippen LogP contribution < -0.4 is 0 Å². The van der Waals surface area contributed by atoms with Crippen molar-refractivity contribution in [3.05, 3.63) is 101 Å². The Labute approximate surface area is 184 Å². The molecular formula is C26H21N3O3. The van der Waals surface area contributed by atoms with Crippen molar-refractivity contribution >= 4 is 22.8 Å². The molecule has 2 aliphatic heterocycles. The summed E-state index contributed by atoms with van der Waals surface area (Å²) in [6.07, 6.45) is 0.463. The zero-order valence-corrected chi connectivity index (χ0v) is 17.2. The minimum absolute atomic E-state index is 0.126. The van der Waals surface area contributed by atoms with Crippen molar-refractivity contribution in [3.63, 3.8) is 0 Å². The molecule has 6 heteroatoms. The topological polar surface area (TPSA) is 76.6 Å². The molecule has 1 saturated heterocycles. The Hall–Kier alpha value is -4.06. The average Bonchev–Trinajstić information content (AvgIpc) is 3.29. The molecule has 1 aromatic heterocycles. The number of phenols is 1. The predicted octanol–water partition coefficient (Wildman–Crippen LogP) is 4.35. The second-order valence-electron chi connectivity index (χ2n) is 8.38. The van der Waals surface area contributed by atoms with Crippen molar-refractivity contribution in [3.8, 4) is 5.75 Å². The highest BCUT2D eigenvalue weighted by molar-refractivity contribution is 6.05. The zero-order valence-electron chi connectivity index (χ0n) is 17.2. The number of amides is 3. The number of nitrogens with one attached hydrogen (secondary N) is 1. The average molecular weight is 423 g/mol. The highest BCUT2D eigenvalue weighted by Gasteiger charge is 2.52. The van der Waals surface area contributed by atoms with Gasteiger partial charge in [0, 0.05) is 23.0 Å². The van der Waals surface area contributed by atoms with E-state index in [0.29, 0.717) is 6.42 Å². The van der Waals surface area contributed by atoms with Gasteiger partial charge in [0.1, 0.15) is 17.8 Å². The molecule has 3 amide bonds. The maximum Gasteiger partial charge on any atom is 0.328 e. The van der Waals surface area contributed by atoms with E-state index in [9.17, 15) is 14.7 Å². The lowest BCUT2D eigenvalue weighted by atomic mass is 9.89. The fourth-order valence-electron chi connectivity index (χ4n) is 5.08. The Balaban J connectivity index is 1.50. The number of aromatic amines is 1. The number of rotatable bonds is 3. The van der Waals surface area contributed by atoms with E-state index in [4.69, 9.17) is 0 Å². The van der Waals surface area contributed by atoms with E-state index >= 15 is 0 Å². The summed E-state index contributed by atoms with van der Waals surface area (Å²) >= 11 is 0. The molecular weight excluding hydrogens is 402 g/mol. The quantitative estimate of drug-likeness (QED) is 0.481. The number of aromatic nitrogens is 1. The molecule has 0 bridgehead atoms. The first kappa shape index (κ1) is 18.7. The fourth-order valence-corrected chi connectivity index (χ4v) is 5.08. The first-order chi connectivity index (χ1) is 15.6. The maximum atomic E-state index is 13.6. The van der Waals surface area contributed by atoms with Gasteiger partial charge in [-0.25, -0.2) is 4.79 Å². The number of hydrogen-bond acceptors (Lipinski definition) is 3. The van der Waals surface area contributed by atoms with Crippen LogP contribution >= 0.6 is 0 Å². The number of H-pyrrole nitrogens is 1. The summed E-state index contributed by atoms with van der Waals surface area (Å²) in [4.78, 5) is 33.6. The molecule has 6 rings (SSSR count). The van der Waals surface area contributed by atoms with Crippen LogP contribution in [0.25, 0.3) is 10.9 Å². The summed E-state index contributed by atoms with van der Waals surface area (Å²) in [7, 11) is 0. The molecule has 3 heterocycles. The van der Waals surface area contributed by atoms with Crippen LogP contribution in [0, 0.1) is 0 Å². The van der Waals surface area contributed by atoms with Crippen molar-refractivity contribution in [2.24, 2.45) is 0 Å². The molecule has 4 aromatic rings. The van der Waals surface area contributed by atoms with Crippen LogP contribution in [0.3, 0.4) is 0 Å². The van der Waals surface area contributed by atoms with Gasteiger partial charge in [0.25, 0.3) is 5.91 Å². The van der Waals surface area contributed by atoms with Crippen LogP contribution in [-0.2, 0) is 17.8 Å². The molecule has 1 fully saturated rings. The number of fused-ring (bicyclic) bond motifs is 4. The lowest BCUT2D eigenvalue weighted by Gasteiger charge is -2.36. The summed E-state index contributed by atoms with van der Waals surface area (Å²) in [5.41, 5.74) is 4.61. The molecule has 0 radical (unpaired) electrons. The fraction of sp³-hybridized carbons (Fsp3) is 0.154. The molecule has 0 saturated carbocycles. The molecule has 158 valence electrons. The lowest BCUT2D eigenvalue weighted by Crippen LogP contribution is -2.44. The van der Waals surface area contributed by atoms with E-state index in [2.05, 4.69) is 4.98 Å². The predicted molar refractivity (Wildman–Crippen MR) is 120 cm³/mol. The first-order valence-electron chi connectivity index (χ1n) is 10.7. The van der Waals surface area contributed by atoms with Crippen LogP contribution in [0.1, 0.15) is 28.4 Å². The third kappa shape index (κ3) is 2.73. The largest absolute Gasteiger partial charge is 0.508 e. The third-order valence-electron chi connectivity index (χ3n) is 6.50. The number of imide groups is 1. The molecule has 0 spiro atoms. The normalized spacial score (nSPS) is 20.0.